The van der Waals surface area contributed by atoms with Gasteiger partial charge in [0.15, 0.2) is 5.71 Å². The fourth-order valence-electron chi connectivity index (χ4n) is 3.05. The zero-order valence-electron chi connectivity index (χ0n) is 12.9. The Hall–Kier alpha value is -2.87. The molecule has 0 saturated carbocycles. The summed E-state index contributed by atoms with van der Waals surface area (Å²) in [5.74, 6) is 0. The molecule has 0 fully saturated rings. The molecule has 0 bridgehead atoms. The zero-order chi connectivity index (χ0) is 15.5. The van der Waals surface area contributed by atoms with Crippen LogP contribution >= 0.6 is 0 Å². The van der Waals surface area contributed by atoms with Gasteiger partial charge in [-0.3, -0.25) is 0 Å². The number of hydrogen-bond donors (Lipinski definition) is 2. The van der Waals surface area contributed by atoms with E-state index in [2.05, 4.69) is 89.2 Å². The lowest BCUT2D eigenvalue weighted by Crippen LogP contribution is -2.63. The number of allylic oxidation sites excluding steroid dienone is 6. The second kappa shape index (κ2) is 6.09. The van der Waals surface area contributed by atoms with E-state index in [-0.39, 0.29) is 0 Å². The largest absolute Gasteiger partial charge is 0.358 e. The molecule has 0 aromatic heterocycles. The molecule has 2 aromatic rings. The molecule has 2 nitrogen and oxygen atoms in total. The molecule has 0 saturated heterocycles. The van der Waals surface area contributed by atoms with E-state index < -0.39 is 0 Å². The summed E-state index contributed by atoms with van der Waals surface area (Å²) in [5, 5.41) is 3.45. The molecule has 112 valence electrons. The van der Waals surface area contributed by atoms with Gasteiger partial charge in [0, 0.05) is 35.5 Å². The van der Waals surface area contributed by atoms with Crippen LogP contribution in [0.3, 0.4) is 0 Å². The minimum absolute atomic E-state index is 0.985. The summed E-state index contributed by atoms with van der Waals surface area (Å²) < 4.78 is 0. The van der Waals surface area contributed by atoms with Crippen molar-refractivity contribution in [3.63, 3.8) is 0 Å². The molecule has 2 heterocycles. The van der Waals surface area contributed by atoms with Gasteiger partial charge in [-0.2, -0.15) is 0 Å². The minimum Gasteiger partial charge on any atom is -0.358 e. The number of benzene rings is 2. The highest BCUT2D eigenvalue weighted by Gasteiger charge is 2.18. The van der Waals surface area contributed by atoms with E-state index in [1.807, 2.05) is 0 Å². The first kappa shape index (κ1) is 13.8. The summed E-state index contributed by atoms with van der Waals surface area (Å²) in [6, 6.07) is 16.9. The van der Waals surface area contributed by atoms with Crippen molar-refractivity contribution in [3.8, 4) is 0 Å². The van der Waals surface area contributed by atoms with Gasteiger partial charge in [-0.1, -0.05) is 54.6 Å². The van der Waals surface area contributed by atoms with Crippen molar-refractivity contribution >= 4 is 17.1 Å². The van der Waals surface area contributed by atoms with Crippen molar-refractivity contribution in [2.75, 3.05) is 5.32 Å². The monoisotopic (exact) mass is 299 g/mol. The van der Waals surface area contributed by atoms with Crippen LogP contribution in [0.1, 0.15) is 11.1 Å². The minimum atomic E-state index is 0.985. The highest BCUT2D eigenvalue weighted by Crippen LogP contribution is 2.27. The second-order valence-electron chi connectivity index (χ2n) is 5.88. The van der Waals surface area contributed by atoms with Crippen LogP contribution in [0.5, 0.6) is 0 Å². The molecular formula is C21H19N2+. The van der Waals surface area contributed by atoms with Crippen LogP contribution in [-0.4, -0.2) is 5.71 Å². The number of fused-ring (bicyclic) bond motifs is 2. The third-order valence-electron chi connectivity index (χ3n) is 4.20. The molecule has 2 aromatic carbocycles. The molecule has 23 heavy (non-hydrogen) atoms. The van der Waals surface area contributed by atoms with Gasteiger partial charge < -0.3 is 5.32 Å². The van der Waals surface area contributed by atoms with Crippen molar-refractivity contribution in [3.05, 3.63) is 95.7 Å². The summed E-state index contributed by atoms with van der Waals surface area (Å²) in [6.07, 6.45) is 12.5. The molecule has 4 rings (SSSR count). The average molecular weight is 299 g/mol. The topological polar surface area (TPSA) is 26.0 Å². The smallest absolute Gasteiger partial charge is 0.207 e. The molecule has 0 spiro atoms. The number of para-hydroxylation sites is 2. The van der Waals surface area contributed by atoms with Crippen LogP contribution in [-0.2, 0) is 12.8 Å². The first-order valence-electron chi connectivity index (χ1n) is 7.98. The molecule has 2 heteroatoms. The maximum atomic E-state index is 3.45. The molecule has 0 amide bonds. The van der Waals surface area contributed by atoms with Crippen LogP contribution in [0.15, 0.2) is 84.6 Å². The van der Waals surface area contributed by atoms with Crippen molar-refractivity contribution in [2.45, 2.75) is 12.8 Å². The van der Waals surface area contributed by atoms with E-state index in [0.29, 0.717) is 0 Å². The highest BCUT2D eigenvalue weighted by molar-refractivity contribution is 5.95. The Labute approximate surface area is 136 Å². The molecular weight excluding hydrogens is 280 g/mol. The number of hydrogen-bond acceptors (Lipinski definition) is 1. The van der Waals surface area contributed by atoms with Crippen LogP contribution < -0.4 is 10.3 Å². The third kappa shape index (κ3) is 3.02. The van der Waals surface area contributed by atoms with E-state index in [9.17, 15) is 0 Å². The van der Waals surface area contributed by atoms with Gasteiger partial charge in [-0.15, -0.1) is 0 Å². The molecule has 0 atom stereocenters. The van der Waals surface area contributed by atoms with Crippen molar-refractivity contribution in [1.29, 1.82) is 0 Å². The fraction of sp³-hybridized carbons (Fsp3) is 0.0952. The third-order valence-corrected chi connectivity index (χ3v) is 4.20. The second-order valence-corrected chi connectivity index (χ2v) is 5.88. The maximum absolute atomic E-state index is 3.45. The van der Waals surface area contributed by atoms with Gasteiger partial charge >= 0.3 is 0 Å². The highest BCUT2D eigenvalue weighted by atomic mass is 14.9. The van der Waals surface area contributed by atoms with Gasteiger partial charge in [0.25, 0.3) is 0 Å². The van der Waals surface area contributed by atoms with E-state index in [1.54, 1.807) is 0 Å². The predicted molar refractivity (Wildman–Crippen MR) is 95.9 cm³/mol. The van der Waals surface area contributed by atoms with Gasteiger partial charge in [-0.25, -0.2) is 4.99 Å². The predicted octanol–water partition coefficient (Wildman–Crippen LogP) is 3.06. The van der Waals surface area contributed by atoms with Gasteiger partial charge in [0.2, 0.25) is 5.69 Å². The van der Waals surface area contributed by atoms with Crippen molar-refractivity contribution < 1.29 is 4.99 Å². The number of rotatable bonds is 3. The van der Waals surface area contributed by atoms with Gasteiger partial charge in [0.1, 0.15) is 0 Å². The quantitative estimate of drug-likeness (QED) is 0.837. The van der Waals surface area contributed by atoms with Crippen molar-refractivity contribution in [1.82, 2.24) is 0 Å². The first-order chi connectivity index (χ1) is 11.4. The van der Waals surface area contributed by atoms with Gasteiger partial charge in [0.05, 0.1) is 6.42 Å². The fourth-order valence-corrected chi connectivity index (χ4v) is 3.05. The maximum Gasteiger partial charge on any atom is 0.207 e. The molecule has 2 aliphatic rings. The Balaban J connectivity index is 1.36. The Morgan fingerprint density at radius 2 is 1.65 bits per heavy atom. The van der Waals surface area contributed by atoms with Crippen molar-refractivity contribution in [2.24, 2.45) is 0 Å². The Morgan fingerprint density at radius 1 is 0.826 bits per heavy atom. The lowest BCUT2D eigenvalue weighted by Gasteiger charge is -1.96. The number of anilines is 1. The van der Waals surface area contributed by atoms with Crippen LogP contribution in [0.4, 0.5) is 11.4 Å². The lowest BCUT2D eigenvalue weighted by molar-refractivity contribution is -0.348. The Bertz CT molecular complexity index is 827. The summed E-state index contributed by atoms with van der Waals surface area (Å²) >= 11 is 0. The summed E-state index contributed by atoms with van der Waals surface area (Å²) in [5.41, 5.74) is 7.68. The molecule has 0 unspecified atom stereocenters. The zero-order valence-corrected chi connectivity index (χ0v) is 12.9. The Morgan fingerprint density at radius 3 is 2.52 bits per heavy atom. The average Bonchev–Trinajstić information content (AvgIpc) is 3.17. The first-order valence-corrected chi connectivity index (χ1v) is 7.98. The summed E-state index contributed by atoms with van der Waals surface area (Å²) in [6.45, 7) is 0. The van der Waals surface area contributed by atoms with E-state index in [4.69, 9.17) is 0 Å². The molecule has 0 aliphatic carbocycles. The van der Waals surface area contributed by atoms with E-state index in [0.717, 1.165) is 12.8 Å². The van der Waals surface area contributed by atoms with E-state index in [1.165, 1.54) is 33.9 Å². The van der Waals surface area contributed by atoms with Crippen LogP contribution in [0.2, 0.25) is 0 Å². The van der Waals surface area contributed by atoms with Crippen LogP contribution in [0.25, 0.3) is 0 Å². The number of nitrogens with one attached hydrogen (secondary N) is 2. The standard InChI is InChI=1S/C21H18N2/c1(2-10-18-14-16-8-4-6-12-20(16)22-18)3-11-19-15-17-9-5-7-13-21(17)23-19/h1-13,22H,14-15H2/p+1/b2-1+,11-3+,18-10-. The summed E-state index contributed by atoms with van der Waals surface area (Å²) in [4.78, 5) is 3.45. The summed E-state index contributed by atoms with van der Waals surface area (Å²) in [7, 11) is 0. The lowest BCUT2D eigenvalue weighted by atomic mass is 10.1. The molecule has 0 radical (unpaired) electrons. The SMILES string of the molecule is C(/C=C/C=C/C1=[NH+]c2ccccc2C1)=C1\Cc2ccccc2N1. The molecule has 2 N–H and O–H groups in total. The van der Waals surface area contributed by atoms with E-state index >= 15 is 0 Å². The Kier molecular flexibility index (Phi) is 3.65. The normalized spacial score (nSPS) is 17.6. The van der Waals surface area contributed by atoms with Crippen LogP contribution in [0, 0.1) is 0 Å². The van der Waals surface area contributed by atoms with Gasteiger partial charge in [-0.05, 0) is 17.7 Å². The molecule has 2 aliphatic heterocycles.